The normalized spacial score (nSPS) is 8.36. The average molecular weight is 153 g/mol. The Bertz CT molecular complexity index is 184. The van der Waals surface area contributed by atoms with Crippen LogP contribution in [0.3, 0.4) is 0 Å². The predicted molar refractivity (Wildman–Crippen MR) is 48.1 cm³/mol. The molecule has 11 heavy (non-hydrogen) atoms. The van der Waals surface area contributed by atoms with Crippen molar-refractivity contribution in [2.75, 3.05) is 0 Å². The second-order valence-corrected chi connectivity index (χ2v) is 2.97. The summed E-state index contributed by atoms with van der Waals surface area (Å²) in [7, 11) is 0. The zero-order valence-corrected chi connectivity index (χ0v) is 7.55. The van der Waals surface area contributed by atoms with Gasteiger partial charge in [-0.25, -0.2) is 0 Å². The Hall–Kier alpha value is -1.05. The summed E-state index contributed by atoms with van der Waals surface area (Å²) >= 11 is 0. The molecule has 0 aliphatic carbocycles. The topological polar surface area (TPSA) is 32.6 Å². The lowest BCUT2D eigenvalue weighted by molar-refractivity contribution is 0.320. The van der Waals surface area contributed by atoms with Crippen molar-refractivity contribution >= 4 is 5.71 Å². The van der Waals surface area contributed by atoms with Crippen molar-refractivity contribution in [3.8, 4) is 0 Å². The predicted octanol–water partition coefficient (Wildman–Crippen LogP) is 2.75. The van der Waals surface area contributed by atoms with Gasteiger partial charge in [-0.3, -0.25) is 0 Å². The molecule has 2 heteroatoms. The van der Waals surface area contributed by atoms with Crippen LogP contribution in [0.5, 0.6) is 0 Å². The molecule has 0 aromatic rings. The van der Waals surface area contributed by atoms with Gasteiger partial charge in [-0.1, -0.05) is 16.3 Å². The van der Waals surface area contributed by atoms with Crippen molar-refractivity contribution in [3.63, 3.8) is 0 Å². The molecule has 0 unspecified atom stereocenters. The third-order valence-corrected chi connectivity index (χ3v) is 0.989. The average Bonchev–Trinajstić information content (AvgIpc) is 1.84. The van der Waals surface area contributed by atoms with Crippen molar-refractivity contribution in [2.45, 2.75) is 27.7 Å². The van der Waals surface area contributed by atoms with E-state index in [9.17, 15) is 0 Å². The summed E-state index contributed by atoms with van der Waals surface area (Å²) in [4.78, 5) is 0. The Kier molecular flexibility index (Phi) is 4.27. The molecule has 0 saturated carbocycles. The van der Waals surface area contributed by atoms with Gasteiger partial charge in [0.1, 0.15) is 5.71 Å². The van der Waals surface area contributed by atoms with E-state index < -0.39 is 0 Å². The highest BCUT2D eigenvalue weighted by molar-refractivity contribution is 6.04. The maximum atomic E-state index is 8.52. The van der Waals surface area contributed by atoms with E-state index in [1.807, 2.05) is 39.8 Å². The molecule has 2 nitrogen and oxygen atoms in total. The summed E-state index contributed by atoms with van der Waals surface area (Å²) in [5.41, 5.74) is 2.84. The number of hydrogen-bond acceptors (Lipinski definition) is 2. The standard InChI is InChI=1S/C9H15NO/c1-7(2)5-9(10-11)6-8(3)4/h5-6,11H,1-4H3. The molecule has 0 atom stereocenters. The summed E-state index contributed by atoms with van der Waals surface area (Å²) in [5, 5.41) is 11.7. The van der Waals surface area contributed by atoms with E-state index in [0.717, 1.165) is 11.1 Å². The molecule has 0 rings (SSSR count). The molecule has 0 fully saturated rings. The summed E-state index contributed by atoms with van der Waals surface area (Å²) in [6, 6.07) is 0. The van der Waals surface area contributed by atoms with Gasteiger partial charge in [0.25, 0.3) is 0 Å². The Balaban J connectivity index is 4.47. The second-order valence-electron chi connectivity index (χ2n) is 2.97. The molecular formula is C9H15NO. The highest BCUT2D eigenvalue weighted by Crippen LogP contribution is 1.96. The molecule has 0 aromatic heterocycles. The minimum atomic E-state index is 0.602. The first-order chi connectivity index (χ1) is 5.06. The van der Waals surface area contributed by atoms with Crippen LogP contribution in [0.4, 0.5) is 0 Å². The minimum absolute atomic E-state index is 0.602. The summed E-state index contributed by atoms with van der Waals surface area (Å²) in [5.74, 6) is 0. The van der Waals surface area contributed by atoms with Crippen molar-refractivity contribution in [2.24, 2.45) is 5.16 Å². The molecule has 0 bridgehead atoms. The molecular weight excluding hydrogens is 138 g/mol. The fourth-order valence-electron chi connectivity index (χ4n) is 0.691. The van der Waals surface area contributed by atoms with Gasteiger partial charge in [-0.15, -0.1) is 0 Å². The Morgan fingerprint density at radius 2 is 1.36 bits per heavy atom. The van der Waals surface area contributed by atoms with Crippen molar-refractivity contribution in [1.29, 1.82) is 0 Å². The van der Waals surface area contributed by atoms with Crippen LogP contribution in [0, 0.1) is 0 Å². The zero-order valence-electron chi connectivity index (χ0n) is 7.55. The lowest BCUT2D eigenvalue weighted by Gasteiger charge is -1.92. The van der Waals surface area contributed by atoms with Crippen molar-refractivity contribution in [3.05, 3.63) is 23.3 Å². The number of nitrogens with zero attached hydrogens (tertiary/aromatic N) is 1. The molecule has 62 valence electrons. The quantitative estimate of drug-likeness (QED) is 0.369. The molecule has 0 heterocycles. The van der Waals surface area contributed by atoms with Crippen LogP contribution in [-0.2, 0) is 0 Å². The van der Waals surface area contributed by atoms with Crippen LogP contribution in [0.15, 0.2) is 28.5 Å². The van der Waals surface area contributed by atoms with Crippen LogP contribution in [0.1, 0.15) is 27.7 Å². The largest absolute Gasteiger partial charge is 0.410 e. The van der Waals surface area contributed by atoms with E-state index in [0.29, 0.717) is 5.71 Å². The first kappa shape index (κ1) is 9.95. The van der Waals surface area contributed by atoms with Crippen LogP contribution in [-0.4, -0.2) is 10.9 Å². The molecule has 0 aliphatic heterocycles. The van der Waals surface area contributed by atoms with Crippen molar-refractivity contribution in [1.82, 2.24) is 0 Å². The second kappa shape index (κ2) is 4.72. The Morgan fingerprint density at radius 3 is 1.55 bits per heavy atom. The third kappa shape index (κ3) is 5.40. The van der Waals surface area contributed by atoms with Crippen molar-refractivity contribution < 1.29 is 5.21 Å². The number of rotatable bonds is 2. The molecule has 1 N–H and O–H groups in total. The van der Waals surface area contributed by atoms with E-state index in [-0.39, 0.29) is 0 Å². The molecule has 0 aromatic carbocycles. The van der Waals surface area contributed by atoms with Crippen LogP contribution >= 0.6 is 0 Å². The minimum Gasteiger partial charge on any atom is -0.410 e. The lowest BCUT2D eigenvalue weighted by atomic mass is 10.2. The highest BCUT2D eigenvalue weighted by Gasteiger charge is 1.89. The number of oxime groups is 1. The van der Waals surface area contributed by atoms with E-state index in [1.165, 1.54) is 0 Å². The van der Waals surface area contributed by atoms with Gasteiger partial charge in [-0.05, 0) is 39.8 Å². The van der Waals surface area contributed by atoms with Gasteiger partial charge < -0.3 is 5.21 Å². The maximum Gasteiger partial charge on any atom is 0.102 e. The van der Waals surface area contributed by atoms with E-state index in [2.05, 4.69) is 5.16 Å². The lowest BCUT2D eigenvalue weighted by Crippen LogP contribution is -1.89. The highest BCUT2D eigenvalue weighted by atomic mass is 16.4. The number of hydrogen-bond donors (Lipinski definition) is 1. The fourth-order valence-corrected chi connectivity index (χ4v) is 0.691. The van der Waals surface area contributed by atoms with E-state index in [1.54, 1.807) is 0 Å². The third-order valence-electron chi connectivity index (χ3n) is 0.989. The molecule has 0 saturated heterocycles. The van der Waals surface area contributed by atoms with Gasteiger partial charge in [0.2, 0.25) is 0 Å². The van der Waals surface area contributed by atoms with Gasteiger partial charge in [-0.2, -0.15) is 0 Å². The van der Waals surface area contributed by atoms with E-state index in [4.69, 9.17) is 5.21 Å². The number of allylic oxidation sites excluding steroid dienone is 4. The monoisotopic (exact) mass is 153 g/mol. The summed E-state index contributed by atoms with van der Waals surface area (Å²) in [6.07, 6.45) is 3.65. The van der Waals surface area contributed by atoms with Gasteiger partial charge in [0.05, 0.1) is 0 Å². The van der Waals surface area contributed by atoms with Gasteiger partial charge >= 0.3 is 0 Å². The molecule has 0 radical (unpaired) electrons. The van der Waals surface area contributed by atoms with E-state index >= 15 is 0 Å². The maximum absolute atomic E-state index is 8.52. The van der Waals surface area contributed by atoms with Crippen LogP contribution < -0.4 is 0 Å². The zero-order chi connectivity index (χ0) is 8.85. The molecule has 0 amide bonds. The first-order valence-electron chi connectivity index (χ1n) is 3.58. The van der Waals surface area contributed by atoms with Crippen LogP contribution in [0.25, 0.3) is 0 Å². The van der Waals surface area contributed by atoms with Gasteiger partial charge in [0.15, 0.2) is 0 Å². The summed E-state index contributed by atoms with van der Waals surface area (Å²) < 4.78 is 0. The van der Waals surface area contributed by atoms with Gasteiger partial charge in [0, 0.05) is 0 Å². The smallest absolute Gasteiger partial charge is 0.102 e. The fraction of sp³-hybridized carbons (Fsp3) is 0.444. The first-order valence-corrected chi connectivity index (χ1v) is 3.58. The Morgan fingerprint density at radius 1 is 1.00 bits per heavy atom. The Labute approximate surface area is 67.9 Å². The molecule has 0 aliphatic rings. The van der Waals surface area contributed by atoms with Crippen LogP contribution in [0.2, 0.25) is 0 Å². The molecule has 0 spiro atoms. The SMILES string of the molecule is CC(C)=CC(C=C(C)C)=NO. The summed E-state index contributed by atoms with van der Waals surface area (Å²) in [6.45, 7) is 7.85.